The van der Waals surface area contributed by atoms with E-state index in [1.165, 1.54) is 6.07 Å². The van der Waals surface area contributed by atoms with Gasteiger partial charge in [-0.2, -0.15) is 13.2 Å². The predicted octanol–water partition coefficient (Wildman–Crippen LogP) is 3.32. The molecule has 2 N–H and O–H groups in total. The first-order valence-corrected chi connectivity index (χ1v) is 5.39. The van der Waals surface area contributed by atoms with Gasteiger partial charge >= 0.3 is 12.1 Å². The second-order valence-electron chi connectivity index (χ2n) is 3.80. The van der Waals surface area contributed by atoms with Gasteiger partial charge < -0.3 is 10.4 Å². The van der Waals surface area contributed by atoms with Crippen molar-refractivity contribution >= 4 is 23.3 Å². The highest BCUT2D eigenvalue weighted by molar-refractivity contribution is 6.33. The number of aliphatic carboxylic acids is 1. The summed E-state index contributed by atoms with van der Waals surface area (Å²) in [5.41, 5.74) is 1.13. The minimum atomic E-state index is -4.80. The Labute approximate surface area is 107 Å². The maximum absolute atomic E-state index is 12.4. The maximum Gasteiger partial charge on any atom is 0.403 e. The van der Waals surface area contributed by atoms with Crippen molar-refractivity contribution in [2.24, 2.45) is 5.92 Å². The SMILES string of the molecule is Cc1ccc(NCC(C(=O)O)C(F)(F)F)c(Cl)c1. The molecule has 0 aromatic heterocycles. The van der Waals surface area contributed by atoms with Gasteiger partial charge in [0.15, 0.2) is 5.92 Å². The van der Waals surface area contributed by atoms with Crippen LogP contribution < -0.4 is 5.32 Å². The molecule has 0 aliphatic heterocycles. The third-order valence-electron chi connectivity index (χ3n) is 2.31. The third-order valence-corrected chi connectivity index (χ3v) is 2.63. The van der Waals surface area contributed by atoms with Gasteiger partial charge in [-0.1, -0.05) is 17.7 Å². The summed E-state index contributed by atoms with van der Waals surface area (Å²) in [7, 11) is 0. The number of nitrogens with one attached hydrogen (secondary N) is 1. The summed E-state index contributed by atoms with van der Waals surface area (Å²) in [5, 5.41) is 11.2. The van der Waals surface area contributed by atoms with Gasteiger partial charge in [-0.3, -0.25) is 4.79 Å². The van der Waals surface area contributed by atoms with Crippen molar-refractivity contribution in [2.45, 2.75) is 13.1 Å². The third kappa shape index (κ3) is 3.80. The van der Waals surface area contributed by atoms with Crippen LogP contribution in [0.4, 0.5) is 18.9 Å². The Hall–Kier alpha value is -1.43. The van der Waals surface area contributed by atoms with Crippen molar-refractivity contribution in [1.82, 2.24) is 0 Å². The van der Waals surface area contributed by atoms with Crippen molar-refractivity contribution in [3.8, 4) is 0 Å². The molecular formula is C11H11ClF3NO2. The fourth-order valence-corrected chi connectivity index (χ4v) is 1.62. The minimum Gasteiger partial charge on any atom is -0.481 e. The van der Waals surface area contributed by atoms with Gasteiger partial charge in [0, 0.05) is 6.54 Å². The standard InChI is InChI=1S/C11H11ClF3NO2/c1-6-2-3-9(8(12)4-6)16-5-7(10(17)18)11(13,14)15/h2-4,7,16H,5H2,1H3,(H,17,18). The molecule has 0 saturated carbocycles. The summed E-state index contributed by atoms with van der Waals surface area (Å²) in [6.45, 7) is 1.02. The molecule has 1 atom stereocenters. The monoisotopic (exact) mass is 281 g/mol. The van der Waals surface area contributed by atoms with Crippen LogP contribution >= 0.6 is 11.6 Å². The molecule has 0 bridgehead atoms. The van der Waals surface area contributed by atoms with Crippen molar-refractivity contribution in [3.05, 3.63) is 28.8 Å². The van der Waals surface area contributed by atoms with Crippen LogP contribution in [-0.4, -0.2) is 23.8 Å². The van der Waals surface area contributed by atoms with Gasteiger partial charge in [-0.25, -0.2) is 0 Å². The molecule has 0 radical (unpaired) electrons. The number of halogens is 4. The lowest BCUT2D eigenvalue weighted by atomic mass is 10.1. The summed E-state index contributed by atoms with van der Waals surface area (Å²) in [6.07, 6.45) is -4.80. The van der Waals surface area contributed by atoms with Crippen molar-refractivity contribution in [3.63, 3.8) is 0 Å². The number of carboxylic acids is 1. The second-order valence-corrected chi connectivity index (χ2v) is 4.20. The molecule has 0 aliphatic rings. The van der Waals surface area contributed by atoms with Crippen LogP contribution in [0.3, 0.4) is 0 Å². The zero-order valence-electron chi connectivity index (χ0n) is 9.38. The highest BCUT2D eigenvalue weighted by atomic mass is 35.5. The molecule has 0 amide bonds. The lowest BCUT2D eigenvalue weighted by Crippen LogP contribution is -2.36. The van der Waals surface area contributed by atoms with Crippen LogP contribution in [0.5, 0.6) is 0 Å². The molecule has 0 spiro atoms. The predicted molar refractivity (Wildman–Crippen MR) is 61.9 cm³/mol. The van der Waals surface area contributed by atoms with Crippen molar-refractivity contribution < 1.29 is 23.1 Å². The van der Waals surface area contributed by atoms with Crippen molar-refractivity contribution in [1.29, 1.82) is 0 Å². The van der Waals surface area contributed by atoms with E-state index in [4.69, 9.17) is 16.7 Å². The van der Waals surface area contributed by atoms with Gasteiger partial charge in [0.25, 0.3) is 0 Å². The molecule has 0 heterocycles. The summed E-state index contributed by atoms with van der Waals surface area (Å²) < 4.78 is 37.2. The van der Waals surface area contributed by atoms with E-state index in [1.807, 2.05) is 0 Å². The summed E-state index contributed by atoms with van der Waals surface area (Å²) in [5.74, 6) is -4.38. The normalized spacial score (nSPS) is 13.2. The van der Waals surface area contributed by atoms with E-state index in [1.54, 1.807) is 19.1 Å². The summed E-state index contributed by atoms with van der Waals surface area (Å²) in [6, 6.07) is 4.75. The molecule has 0 saturated heterocycles. The van der Waals surface area contributed by atoms with Gasteiger partial charge in [0.05, 0.1) is 10.7 Å². The largest absolute Gasteiger partial charge is 0.481 e. The number of anilines is 1. The fraction of sp³-hybridized carbons (Fsp3) is 0.364. The topological polar surface area (TPSA) is 49.3 Å². The molecule has 1 aromatic carbocycles. The lowest BCUT2D eigenvalue weighted by Gasteiger charge is -2.17. The van der Waals surface area contributed by atoms with Gasteiger partial charge in [-0.15, -0.1) is 0 Å². The summed E-state index contributed by atoms with van der Waals surface area (Å²) in [4.78, 5) is 10.5. The number of hydrogen-bond acceptors (Lipinski definition) is 2. The first kappa shape index (κ1) is 14.6. The number of carboxylic acid groups (broad SMARTS) is 1. The van der Waals surface area contributed by atoms with Crippen LogP contribution in [0.1, 0.15) is 5.56 Å². The van der Waals surface area contributed by atoms with Crippen LogP contribution in [0, 0.1) is 12.8 Å². The fourth-order valence-electron chi connectivity index (χ4n) is 1.32. The van der Waals surface area contributed by atoms with Gasteiger partial charge in [0.1, 0.15) is 0 Å². The molecule has 0 fully saturated rings. The van der Waals surface area contributed by atoms with E-state index in [-0.39, 0.29) is 10.7 Å². The van der Waals surface area contributed by atoms with Crippen molar-refractivity contribution in [2.75, 3.05) is 11.9 Å². The Kier molecular flexibility index (Phi) is 4.45. The number of benzene rings is 1. The number of hydrogen-bond donors (Lipinski definition) is 2. The van der Waals surface area contributed by atoms with Crippen LogP contribution in [0.15, 0.2) is 18.2 Å². The van der Waals surface area contributed by atoms with E-state index in [2.05, 4.69) is 5.32 Å². The molecule has 1 aromatic rings. The Balaban J connectivity index is 2.77. The molecular weight excluding hydrogens is 271 g/mol. The molecule has 1 rings (SSSR count). The second kappa shape index (κ2) is 5.48. The minimum absolute atomic E-state index is 0.251. The smallest absolute Gasteiger partial charge is 0.403 e. The first-order valence-electron chi connectivity index (χ1n) is 5.01. The van der Waals surface area contributed by atoms with Gasteiger partial charge in [-0.05, 0) is 24.6 Å². The molecule has 100 valence electrons. The lowest BCUT2D eigenvalue weighted by molar-refractivity contribution is -0.190. The Bertz CT molecular complexity index is 448. The van der Waals surface area contributed by atoms with Crippen LogP contribution in [0.2, 0.25) is 5.02 Å². The summed E-state index contributed by atoms with van der Waals surface area (Å²) >= 11 is 5.82. The molecule has 18 heavy (non-hydrogen) atoms. The highest BCUT2D eigenvalue weighted by Crippen LogP contribution is 2.28. The Morgan fingerprint density at radius 3 is 2.56 bits per heavy atom. The maximum atomic E-state index is 12.4. The van der Waals surface area contributed by atoms with E-state index < -0.39 is 24.6 Å². The molecule has 1 unspecified atom stereocenters. The average molecular weight is 282 g/mol. The quantitative estimate of drug-likeness (QED) is 0.890. The number of alkyl halides is 3. The van der Waals surface area contributed by atoms with E-state index in [0.29, 0.717) is 0 Å². The van der Waals surface area contributed by atoms with Crippen LogP contribution in [-0.2, 0) is 4.79 Å². The Morgan fingerprint density at radius 1 is 1.50 bits per heavy atom. The van der Waals surface area contributed by atoms with Crippen LogP contribution in [0.25, 0.3) is 0 Å². The zero-order chi connectivity index (χ0) is 13.9. The molecule has 3 nitrogen and oxygen atoms in total. The number of carbonyl (C=O) groups is 1. The highest BCUT2D eigenvalue weighted by Gasteiger charge is 2.44. The van der Waals surface area contributed by atoms with E-state index in [9.17, 15) is 18.0 Å². The molecule has 7 heteroatoms. The number of rotatable bonds is 4. The Morgan fingerprint density at radius 2 is 2.11 bits per heavy atom. The molecule has 0 aliphatic carbocycles. The van der Waals surface area contributed by atoms with E-state index in [0.717, 1.165) is 5.56 Å². The zero-order valence-corrected chi connectivity index (χ0v) is 10.1. The van der Waals surface area contributed by atoms with E-state index >= 15 is 0 Å². The number of aryl methyl sites for hydroxylation is 1. The first-order chi connectivity index (χ1) is 8.21. The average Bonchev–Trinajstić information content (AvgIpc) is 2.18. The van der Waals surface area contributed by atoms with Gasteiger partial charge in [0.2, 0.25) is 0 Å².